The summed E-state index contributed by atoms with van der Waals surface area (Å²) < 4.78 is 16.2. The second-order valence-corrected chi connectivity index (χ2v) is 6.40. The van der Waals surface area contributed by atoms with Gasteiger partial charge in [-0.25, -0.2) is 4.79 Å². The first-order valence-electron chi connectivity index (χ1n) is 6.86. The van der Waals surface area contributed by atoms with Crippen molar-refractivity contribution in [2.75, 3.05) is 32.9 Å². The molecule has 100 valence electrons. The van der Waals surface area contributed by atoms with Gasteiger partial charge in [-0.05, 0) is 25.7 Å². The Morgan fingerprint density at radius 1 is 1.17 bits per heavy atom. The maximum absolute atomic E-state index is 11.9. The first-order chi connectivity index (χ1) is 8.69. The number of ether oxygens (including phenoxy) is 3. The Morgan fingerprint density at radius 3 is 2.33 bits per heavy atom. The van der Waals surface area contributed by atoms with Gasteiger partial charge in [-0.15, -0.1) is 0 Å². The molecule has 0 bridgehead atoms. The van der Waals surface area contributed by atoms with E-state index < -0.39 is 0 Å². The lowest BCUT2D eigenvalue weighted by atomic mass is 9.78. The fourth-order valence-corrected chi connectivity index (χ4v) is 3.31. The molecule has 0 radical (unpaired) electrons. The van der Waals surface area contributed by atoms with Crippen LogP contribution in [0.15, 0.2) is 0 Å². The normalized spacial score (nSPS) is 40.2. The summed E-state index contributed by atoms with van der Waals surface area (Å²) in [5.41, 5.74) is 0.449. The maximum Gasteiger partial charge on any atom is 0.410 e. The van der Waals surface area contributed by atoms with E-state index in [1.807, 2.05) is 0 Å². The summed E-state index contributed by atoms with van der Waals surface area (Å²) in [5.74, 6) is 0. The molecule has 4 fully saturated rings. The van der Waals surface area contributed by atoms with Gasteiger partial charge in [-0.1, -0.05) is 0 Å². The van der Waals surface area contributed by atoms with Crippen LogP contribution in [-0.2, 0) is 14.2 Å². The number of epoxide rings is 1. The summed E-state index contributed by atoms with van der Waals surface area (Å²) in [5, 5.41) is 0. The lowest BCUT2D eigenvalue weighted by Crippen LogP contribution is -2.67. The third-order valence-corrected chi connectivity index (χ3v) is 4.79. The lowest BCUT2D eigenvalue weighted by molar-refractivity contribution is -0.181. The summed E-state index contributed by atoms with van der Waals surface area (Å²) in [6.07, 6.45) is 3.96. The highest BCUT2D eigenvalue weighted by molar-refractivity contribution is 5.69. The minimum atomic E-state index is -0.134. The summed E-state index contributed by atoms with van der Waals surface area (Å²) in [7, 11) is 0. The Morgan fingerprint density at radius 2 is 1.83 bits per heavy atom. The zero-order chi connectivity index (χ0) is 12.2. The number of hydrogen-bond donors (Lipinski definition) is 0. The number of carbonyl (C=O) groups is 1. The smallest absolute Gasteiger partial charge is 0.410 e. The second kappa shape index (κ2) is 3.61. The largest absolute Gasteiger partial charge is 0.446 e. The van der Waals surface area contributed by atoms with Gasteiger partial charge in [0, 0.05) is 13.1 Å². The maximum atomic E-state index is 11.9. The third kappa shape index (κ3) is 1.72. The standard InChI is InChI=1S/C13H19NO4/c15-11(14-5-12(6-14)7-16-8-12)18-10-1-3-13(4-2-10)9-17-13/h10H,1-9H2. The van der Waals surface area contributed by atoms with Crippen molar-refractivity contribution in [3.63, 3.8) is 0 Å². The van der Waals surface area contributed by atoms with Crippen LogP contribution < -0.4 is 0 Å². The molecule has 4 aliphatic rings. The zero-order valence-electron chi connectivity index (χ0n) is 10.5. The van der Waals surface area contributed by atoms with Crippen LogP contribution in [0.5, 0.6) is 0 Å². The van der Waals surface area contributed by atoms with Crippen molar-refractivity contribution in [1.29, 1.82) is 0 Å². The summed E-state index contributed by atoms with van der Waals surface area (Å²) in [4.78, 5) is 13.7. The minimum Gasteiger partial charge on any atom is -0.446 e. The van der Waals surface area contributed by atoms with Crippen LogP contribution in [0, 0.1) is 5.41 Å². The number of likely N-dealkylation sites (tertiary alicyclic amines) is 1. The number of amides is 1. The van der Waals surface area contributed by atoms with Crippen molar-refractivity contribution in [2.45, 2.75) is 37.4 Å². The molecule has 2 spiro atoms. The van der Waals surface area contributed by atoms with Crippen LogP contribution in [0.25, 0.3) is 0 Å². The number of rotatable bonds is 1. The summed E-state index contributed by atoms with van der Waals surface area (Å²) >= 11 is 0. The van der Waals surface area contributed by atoms with Crippen molar-refractivity contribution < 1.29 is 19.0 Å². The highest BCUT2D eigenvalue weighted by atomic mass is 16.6. The van der Waals surface area contributed by atoms with Crippen LogP contribution in [0.2, 0.25) is 0 Å². The van der Waals surface area contributed by atoms with E-state index in [9.17, 15) is 4.79 Å². The Kier molecular flexibility index (Phi) is 2.21. The van der Waals surface area contributed by atoms with Crippen LogP contribution in [0.4, 0.5) is 4.79 Å². The summed E-state index contributed by atoms with van der Waals surface area (Å²) in [6.45, 7) is 4.14. The molecular weight excluding hydrogens is 234 g/mol. The van der Waals surface area contributed by atoms with Crippen LogP contribution >= 0.6 is 0 Å². The number of nitrogens with zero attached hydrogens (tertiary/aromatic N) is 1. The van der Waals surface area contributed by atoms with E-state index in [1.54, 1.807) is 4.90 Å². The van der Waals surface area contributed by atoms with Gasteiger partial charge < -0.3 is 19.1 Å². The molecule has 3 aliphatic heterocycles. The Balaban J connectivity index is 1.24. The fourth-order valence-electron chi connectivity index (χ4n) is 3.31. The minimum absolute atomic E-state index is 0.0986. The van der Waals surface area contributed by atoms with Gasteiger partial charge in [0.1, 0.15) is 6.10 Å². The van der Waals surface area contributed by atoms with Gasteiger partial charge in [-0.2, -0.15) is 0 Å². The van der Waals surface area contributed by atoms with Gasteiger partial charge in [0.05, 0.1) is 30.8 Å². The molecule has 0 N–H and O–H groups in total. The zero-order valence-corrected chi connectivity index (χ0v) is 10.5. The molecule has 1 saturated carbocycles. The highest BCUT2D eigenvalue weighted by Crippen LogP contribution is 2.43. The van der Waals surface area contributed by atoms with Crippen molar-refractivity contribution in [1.82, 2.24) is 4.90 Å². The van der Waals surface area contributed by atoms with E-state index in [2.05, 4.69) is 0 Å². The Hall–Kier alpha value is -0.810. The molecular formula is C13H19NO4. The highest BCUT2D eigenvalue weighted by Gasteiger charge is 2.52. The van der Waals surface area contributed by atoms with E-state index in [0.29, 0.717) is 0 Å². The first-order valence-corrected chi connectivity index (χ1v) is 6.86. The van der Waals surface area contributed by atoms with Crippen LogP contribution in [-0.4, -0.2) is 55.6 Å². The van der Waals surface area contributed by atoms with Crippen molar-refractivity contribution in [3.05, 3.63) is 0 Å². The van der Waals surface area contributed by atoms with E-state index in [1.165, 1.54) is 0 Å². The van der Waals surface area contributed by atoms with Crippen LogP contribution in [0.3, 0.4) is 0 Å². The molecule has 0 unspecified atom stereocenters. The van der Waals surface area contributed by atoms with Crippen molar-refractivity contribution in [3.8, 4) is 0 Å². The molecule has 5 heteroatoms. The molecule has 18 heavy (non-hydrogen) atoms. The van der Waals surface area contributed by atoms with Gasteiger partial charge in [-0.3, -0.25) is 0 Å². The topological polar surface area (TPSA) is 51.3 Å². The monoisotopic (exact) mass is 253 g/mol. The predicted molar refractivity (Wildman–Crippen MR) is 62.2 cm³/mol. The molecule has 3 saturated heterocycles. The van der Waals surface area contributed by atoms with Gasteiger partial charge in [0.2, 0.25) is 0 Å². The second-order valence-electron chi connectivity index (χ2n) is 6.40. The molecule has 3 heterocycles. The average molecular weight is 253 g/mol. The first kappa shape index (κ1) is 11.1. The van der Waals surface area contributed by atoms with E-state index >= 15 is 0 Å². The van der Waals surface area contributed by atoms with E-state index in [-0.39, 0.29) is 23.2 Å². The predicted octanol–water partition coefficient (Wildman–Crippen LogP) is 1.17. The molecule has 0 atom stereocenters. The molecule has 0 aromatic heterocycles. The Bertz CT molecular complexity index is 357. The van der Waals surface area contributed by atoms with Gasteiger partial charge in [0.25, 0.3) is 0 Å². The van der Waals surface area contributed by atoms with Crippen molar-refractivity contribution >= 4 is 6.09 Å². The molecule has 0 aromatic carbocycles. The third-order valence-electron chi connectivity index (χ3n) is 4.79. The fraction of sp³-hybridized carbons (Fsp3) is 0.923. The lowest BCUT2D eigenvalue weighted by Gasteiger charge is -2.54. The molecule has 4 rings (SSSR count). The van der Waals surface area contributed by atoms with E-state index in [4.69, 9.17) is 14.2 Å². The van der Waals surface area contributed by atoms with Gasteiger partial charge >= 0.3 is 6.09 Å². The van der Waals surface area contributed by atoms with Crippen LogP contribution in [0.1, 0.15) is 25.7 Å². The summed E-state index contributed by atoms with van der Waals surface area (Å²) in [6, 6.07) is 0. The number of hydrogen-bond acceptors (Lipinski definition) is 4. The van der Waals surface area contributed by atoms with E-state index in [0.717, 1.165) is 58.6 Å². The van der Waals surface area contributed by atoms with Gasteiger partial charge in [0.15, 0.2) is 0 Å². The van der Waals surface area contributed by atoms with Crippen molar-refractivity contribution in [2.24, 2.45) is 5.41 Å². The Labute approximate surface area is 106 Å². The SMILES string of the molecule is O=C(OC1CCC2(CC1)CO2)N1CC2(COC2)C1. The average Bonchev–Trinajstić information content (AvgIpc) is 2.98. The molecule has 1 aliphatic carbocycles. The molecule has 5 nitrogen and oxygen atoms in total. The number of carbonyl (C=O) groups excluding carboxylic acids is 1. The molecule has 0 aromatic rings. The quantitative estimate of drug-likeness (QED) is 0.658. The molecule has 1 amide bonds.